The first-order chi connectivity index (χ1) is 7.32. The van der Waals surface area contributed by atoms with E-state index in [1.54, 1.807) is 0 Å². The summed E-state index contributed by atoms with van der Waals surface area (Å²) in [5, 5.41) is 16.2. The summed E-state index contributed by atoms with van der Waals surface area (Å²) < 4.78 is 0. The largest absolute Gasteiger partial charge is 2.00 e. The van der Waals surface area contributed by atoms with Crippen molar-refractivity contribution in [2.75, 3.05) is 6.54 Å². The number of aliphatic carboxylic acids is 2. The molecular formula is C10H21N2O4Zn+. The molecule has 0 aromatic heterocycles. The molecule has 7 heteroatoms. The van der Waals surface area contributed by atoms with Gasteiger partial charge in [0, 0.05) is 0 Å². The zero-order valence-corrected chi connectivity index (χ0v) is 13.3. The van der Waals surface area contributed by atoms with Crippen LogP contribution < -0.4 is 5.73 Å². The smallest absolute Gasteiger partial charge is 0.666 e. The van der Waals surface area contributed by atoms with E-state index in [1.165, 1.54) is 6.92 Å². The molecule has 0 rings (SSSR count). The fraction of sp³-hybridized carbons (Fsp3) is 0.700. The van der Waals surface area contributed by atoms with Crippen molar-refractivity contribution in [1.29, 1.82) is 0 Å². The third-order valence-corrected chi connectivity index (χ3v) is 1.77. The molecule has 0 saturated heterocycles. The van der Waals surface area contributed by atoms with Crippen molar-refractivity contribution >= 4 is 11.9 Å². The van der Waals surface area contributed by atoms with Gasteiger partial charge in [-0.1, -0.05) is 19.3 Å². The molecule has 0 amide bonds. The van der Waals surface area contributed by atoms with Crippen LogP contribution in [0, 0.1) is 12.8 Å². The van der Waals surface area contributed by atoms with Crippen molar-refractivity contribution in [3.63, 3.8) is 0 Å². The maximum atomic E-state index is 10.2. The number of rotatable bonds is 6. The molecule has 0 bridgehead atoms. The Bertz CT molecular complexity index is 212. The van der Waals surface area contributed by atoms with E-state index in [0.29, 0.717) is 6.42 Å². The van der Waals surface area contributed by atoms with Crippen molar-refractivity contribution < 1.29 is 45.0 Å². The first-order valence-corrected chi connectivity index (χ1v) is 5.12. The monoisotopic (exact) mass is 297 g/mol. The Kier molecular flexibility index (Phi) is 17.3. The van der Waals surface area contributed by atoms with Crippen molar-refractivity contribution in [3.8, 4) is 0 Å². The van der Waals surface area contributed by atoms with Crippen LogP contribution in [0.4, 0.5) is 0 Å². The summed E-state index contributed by atoms with van der Waals surface area (Å²) >= 11 is 0. The van der Waals surface area contributed by atoms with Gasteiger partial charge in [-0.05, 0) is 18.9 Å². The van der Waals surface area contributed by atoms with Crippen molar-refractivity contribution in [3.05, 3.63) is 12.7 Å². The van der Waals surface area contributed by atoms with Crippen LogP contribution in [-0.2, 0) is 29.1 Å². The summed E-state index contributed by atoms with van der Waals surface area (Å²) in [4.78, 5) is 19.7. The van der Waals surface area contributed by atoms with E-state index in [9.17, 15) is 9.59 Å². The maximum Gasteiger partial charge on any atom is 2.00 e. The number of carboxylic acids is 2. The zero-order chi connectivity index (χ0) is 13.1. The summed E-state index contributed by atoms with van der Waals surface area (Å²) in [7, 11) is 0. The first-order valence-electron chi connectivity index (χ1n) is 5.12. The van der Waals surface area contributed by atoms with Crippen LogP contribution in [-0.4, -0.2) is 34.7 Å². The average molecular weight is 299 g/mol. The standard InChI is InChI=1S/C7H14NO2.C3H6NO2.Zn/c1-6(7(9)10)4-2-3-5-8;1-2(4)3(5)6;/h6H,1-5,8H2,(H,9,10);2,4H,1H3,(H,5,6);/q2*-1;+2/p+1/t6-;2-;/m00./s1. The molecule has 0 unspecified atom stereocenters. The number of hydrogen-bond donors (Lipinski definition) is 3. The predicted octanol–water partition coefficient (Wildman–Crippen LogP) is 0.443. The maximum absolute atomic E-state index is 10.2. The predicted molar refractivity (Wildman–Crippen MR) is 59.5 cm³/mol. The third-order valence-electron chi connectivity index (χ3n) is 1.77. The van der Waals surface area contributed by atoms with Gasteiger partial charge in [0.1, 0.15) is 0 Å². The van der Waals surface area contributed by atoms with Crippen LogP contribution in [0.25, 0.3) is 5.73 Å². The number of carbonyl (C=O) groups is 2. The van der Waals surface area contributed by atoms with E-state index in [2.05, 4.69) is 12.7 Å². The van der Waals surface area contributed by atoms with E-state index < -0.39 is 23.9 Å². The Hall–Kier alpha value is -0.517. The van der Waals surface area contributed by atoms with Gasteiger partial charge in [-0.15, -0.1) is 0 Å². The Labute approximate surface area is 115 Å². The minimum Gasteiger partial charge on any atom is -0.666 e. The van der Waals surface area contributed by atoms with Crippen LogP contribution in [0.1, 0.15) is 26.2 Å². The van der Waals surface area contributed by atoms with E-state index in [4.69, 9.17) is 15.9 Å². The molecule has 2 atom stereocenters. The number of quaternary nitrogens is 1. The van der Waals surface area contributed by atoms with Crippen LogP contribution >= 0.6 is 0 Å². The molecule has 0 aromatic carbocycles. The number of nitrogens with one attached hydrogen (secondary N) is 1. The molecular weight excluding hydrogens is 278 g/mol. The van der Waals surface area contributed by atoms with Crippen LogP contribution in [0.3, 0.4) is 0 Å². The first kappa shape index (κ1) is 21.7. The third kappa shape index (κ3) is 18.1. The van der Waals surface area contributed by atoms with Crippen LogP contribution in [0.2, 0.25) is 0 Å². The van der Waals surface area contributed by atoms with Gasteiger partial charge >= 0.3 is 19.5 Å². The summed E-state index contributed by atoms with van der Waals surface area (Å²) in [6, 6.07) is -0.981. The molecule has 96 valence electrons. The summed E-state index contributed by atoms with van der Waals surface area (Å²) in [5.74, 6) is -2.31. The van der Waals surface area contributed by atoms with Gasteiger partial charge in [-0.3, -0.25) is 9.59 Å². The zero-order valence-electron chi connectivity index (χ0n) is 10.3. The Morgan fingerprint density at radius 2 is 1.71 bits per heavy atom. The second-order valence-corrected chi connectivity index (χ2v) is 3.44. The molecule has 0 aliphatic rings. The number of hydrogen-bond acceptors (Lipinski definition) is 2. The van der Waals surface area contributed by atoms with Crippen molar-refractivity contribution in [2.24, 2.45) is 5.92 Å². The Morgan fingerprint density at radius 3 is 1.94 bits per heavy atom. The van der Waals surface area contributed by atoms with Gasteiger partial charge < -0.3 is 28.6 Å². The van der Waals surface area contributed by atoms with E-state index in [1.807, 2.05) is 0 Å². The molecule has 0 aromatic rings. The topological polar surface area (TPSA) is 126 Å². The molecule has 0 aliphatic carbocycles. The number of carboxylic acid groups (broad SMARTS) is 2. The molecule has 6 nitrogen and oxygen atoms in total. The minimum absolute atomic E-state index is 0. The molecule has 0 heterocycles. The average Bonchev–Trinajstić information content (AvgIpc) is 2.18. The van der Waals surface area contributed by atoms with Crippen molar-refractivity contribution in [1.82, 2.24) is 0 Å². The molecule has 0 spiro atoms. The van der Waals surface area contributed by atoms with Crippen LogP contribution in [0.5, 0.6) is 0 Å². The SMILES string of the molecule is C[C@H]([NH-])C(=O)O.[CH2-][C@@H](CCCC[NH3+])C(=O)O.[Zn+2]. The molecule has 0 fully saturated rings. The van der Waals surface area contributed by atoms with Gasteiger partial charge in [-0.25, -0.2) is 0 Å². The van der Waals surface area contributed by atoms with E-state index in [0.717, 1.165) is 19.4 Å². The Balaban J connectivity index is -0.000000244. The Morgan fingerprint density at radius 1 is 1.29 bits per heavy atom. The van der Waals surface area contributed by atoms with Gasteiger partial charge in [0.2, 0.25) is 0 Å². The second-order valence-electron chi connectivity index (χ2n) is 3.44. The molecule has 0 saturated carbocycles. The fourth-order valence-electron chi connectivity index (χ4n) is 0.691. The summed E-state index contributed by atoms with van der Waals surface area (Å²) in [6.45, 7) is 5.68. The van der Waals surface area contributed by atoms with Crippen molar-refractivity contribution in [2.45, 2.75) is 32.2 Å². The van der Waals surface area contributed by atoms with Gasteiger partial charge in [0.05, 0.1) is 6.54 Å². The van der Waals surface area contributed by atoms with Gasteiger partial charge in [0.15, 0.2) is 0 Å². The fourth-order valence-corrected chi connectivity index (χ4v) is 0.691. The van der Waals surface area contributed by atoms with E-state index in [-0.39, 0.29) is 19.5 Å². The number of unbranched alkanes of at least 4 members (excludes halogenated alkanes) is 1. The van der Waals surface area contributed by atoms with Crippen LogP contribution in [0.15, 0.2) is 0 Å². The van der Waals surface area contributed by atoms with Gasteiger partial charge in [-0.2, -0.15) is 0 Å². The molecule has 0 radical (unpaired) electrons. The van der Waals surface area contributed by atoms with Gasteiger partial charge in [0.25, 0.3) is 11.9 Å². The molecule has 17 heavy (non-hydrogen) atoms. The normalized spacial score (nSPS) is 12.5. The summed E-state index contributed by atoms with van der Waals surface area (Å²) in [5.41, 5.74) is 10.1. The molecule has 0 aliphatic heterocycles. The summed E-state index contributed by atoms with van der Waals surface area (Å²) in [6.07, 6.45) is 2.59. The molecule has 6 N–H and O–H groups in total. The quantitative estimate of drug-likeness (QED) is 0.373. The minimum atomic E-state index is -1.07. The second kappa shape index (κ2) is 13.5. The van der Waals surface area contributed by atoms with E-state index >= 15 is 0 Å².